The Morgan fingerprint density at radius 1 is 1.00 bits per heavy atom. The minimum Gasteiger partial charge on any atom is -0.260 e. The lowest BCUT2D eigenvalue weighted by Gasteiger charge is -2.37. The van der Waals surface area contributed by atoms with E-state index in [1.54, 1.807) is 30.6 Å². The van der Waals surface area contributed by atoms with Crippen LogP contribution >= 0.6 is 0 Å². The fraction of sp³-hybridized carbons (Fsp3) is 0.321. The maximum atomic E-state index is 14.5. The topological polar surface area (TPSA) is 98.6 Å². The highest BCUT2D eigenvalue weighted by molar-refractivity contribution is 7.89. The van der Waals surface area contributed by atoms with Crippen LogP contribution in [-0.2, 0) is 21.0 Å². The smallest absolute Gasteiger partial charge is 0.159 e. The highest BCUT2D eigenvalue weighted by Gasteiger charge is 2.65. The monoisotopic (exact) mass is 533 g/mol. The lowest BCUT2D eigenvalue weighted by Crippen LogP contribution is -2.38. The maximum Gasteiger partial charge on any atom is 0.159 e. The third-order valence-corrected chi connectivity index (χ3v) is 9.00. The van der Waals surface area contributed by atoms with Gasteiger partial charge < -0.3 is 0 Å². The molecule has 2 atom stereocenters. The van der Waals surface area contributed by atoms with Crippen LogP contribution in [0.1, 0.15) is 55.3 Å². The van der Waals surface area contributed by atoms with Gasteiger partial charge in [0.2, 0.25) is 0 Å². The van der Waals surface area contributed by atoms with Gasteiger partial charge in [0.05, 0.1) is 39.5 Å². The van der Waals surface area contributed by atoms with E-state index in [9.17, 15) is 17.2 Å². The lowest BCUT2D eigenvalue weighted by molar-refractivity contribution is 0.243. The Bertz CT molecular complexity index is 1690. The van der Waals surface area contributed by atoms with Gasteiger partial charge in [-0.2, -0.15) is 5.10 Å². The summed E-state index contributed by atoms with van der Waals surface area (Å²) in [6.07, 6.45) is 6.09. The zero-order chi connectivity index (χ0) is 26.9. The number of aromatic nitrogens is 5. The van der Waals surface area contributed by atoms with Crippen molar-refractivity contribution >= 4 is 9.84 Å². The second-order valence-corrected chi connectivity index (χ2v) is 12.9. The number of fused-ring (bicyclic) bond motifs is 5. The fourth-order valence-electron chi connectivity index (χ4n) is 6.46. The van der Waals surface area contributed by atoms with E-state index >= 15 is 0 Å². The van der Waals surface area contributed by atoms with Crippen LogP contribution in [0.4, 0.5) is 8.78 Å². The number of halogens is 2. The van der Waals surface area contributed by atoms with Crippen LogP contribution in [0.25, 0.3) is 22.6 Å². The number of rotatable bonds is 5. The first-order valence-electron chi connectivity index (χ1n) is 12.3. The van der Waals surface area contributed by atoms with Gasteiger partial charge in [0.1, 0.15) is 11.6 Å². The van der Waals surface area contributed by atoms with E-state index in [0.29, 0.717) is 17.1 Å². The number of pyridine rings is 1. The molecule has 0 amide bonds. The predicted molar refractivity (Wildman–Crippen MR) is 138 cm³/mol. The summed E-state index contributed by atoms with van der Waals surface area (Å²) in [6.45, 7) is 4.35. The van der Waals surface area contributed by atoms with Crippen molar-refractivity contribution < 1.29 is 17.2 Å². The summed E-state index contributed by atoms with van der Waals surface area (Å²) in [7, 11) is -3.25. The molecular formula is C28H25F2N5O2S. The summed E-state index contributed by atoms with van der Waals surface area (Å²) in [4.78, 5) is 13.6. The Morgan fingerprint density at radius 3 is 2.47 bits per heavy atom. The molecule has 1 saturated carbocycles. The third-order valence-electron chi connectivity index (χ3n) is 8.18. The largest absolute Gasteiger partial charge is 0.260 e. The van der Waals surface area contributed by atoms with Crippen molar-refractivity contribution in [3.8, 4) is 22.6 Å². The van der Waals surface area contributed by atoms with E-state index in [-0.39, 0.29) is 28.3 Å². The number of hydrogen-bond acceptors (Lipinski definition) is 7. The molecule has 0 unspecified atom stereocenters. The standard InChI is InChI=1S/C28H25F2N5O2S/c1-27(2)19-7-10-28(27,25-18(19)14-22(34-35-25)24-20(29)5-4-6-21(24)30)23-9-12-32-26(33-23)16-8-11-31-17(13-16)15-38(3,36)37/h4-6,8-9,11-14,19H,7,10,15H2,1-3H3/t19-,28-/m0/s1. The summed E-state index contributed by atoms with van der Waals surface area (Å²) < 4.78 is 52.6. The van der Waals surface area contributed by atoms with Gasteiger partial charge in [-0.1, -0.05) is 19.9 Å². The van der Waals surface area contributed by atoms with Gasteiger partial charge in [0.25, 0.3) is 0 Å². The Morgan fingerprint density at radius 2 is 1.74 bits per heavy atom. The number of hydrogen-bond donors (Lipinski definition) is 0. The van der Waals surface area contributed by atoms with Gasteiger partial charge in [-0.3, -0.25) is 4.98 Å². The Balaban J connectivity index is 1.47. The number of nitrogens with zero attached hydrogens (tertiary/aromatic N) is 5. The van der Waals surface area contributed by atoms with E-state index in [4.69, 9.17) is 4.98 Å². The normalized spacial score (nSPS) is 21.4. The van der Waals surface area contributed by atoms with Gasteiger partial charge in [-0.25, -0.2) is 27.2 Å². The highest BCUT2D eigenvalue weighted by atomic mass is 32.2. The van der Waals surface area contributed by atoms with Crippen molar-refractivity contribution in [2.75, 3.05) is 6.26 Å². The average Bonchev–Trinajstić information content (AvgIpc) is 3.24. The SMILES string of the molecule is CC1(C)[C@H]2CC[C@]1(c1ccnc(-c3ccnc(CS(C)(=O)=O)c3)n1)c1nnc(-c3c(F)cccc3F)cc12. The molecule has 6 rings (SSSR count). The first-order valence-corrected chi connectivity index (χ1v) is 14.4. The Hall–Kier alpha value is -3.66. The van der Waals surface area contributed by atoms with Gasteiger partial charge in [-0.15, -0.1) is 5.10 Å². The molecule has 0 aliphatic heterocycles. The van der Waals surface area contributed by atoms with E-state index in [0.717, 1.165) is 29.8 Å². The summed E-state index contributed by atoms with van der Waals surface area (Å²) in [5.41, 5.74) is 2.73. The fourth-order valence-corrected chi connectivity index (χ4v) is 7.15. The molecule has 0 saturated heterocycles. The molecule has 2 bridgehead atoms. The lowest BCUT2D eigenvalue weighted by atomic mass is 9.66. The molecule has 38 heavy (non-hydrogen) atoms. The van der Waals surface area contributed by atoms with Crippen molar-refractivity contribution in [3.05, 3.63) is 89.1 Å². The molecule has 2 aliphatic carbocycles. The van der Waals surface area contributed by atoms with Crippen molar-refractivity contribution in [3.63, 3.8) is 0 Å². The van der Waals surface area contributed by atoms with Crippen LogP contribution in [0.2, 0.25) is 0 Å². The van der Waals surface area contributed by atoms with Gasteiger partial charge >= 0.3 is 0 Å². The van der Waals surface area contributed by atoms with Gasteiger partial charge in [0, 0.05) is 24.2 Å². The molecule has 194 valence electrons. The van der Waals surface area contributed by atoms with Gasteiger partial charge in [-0.05, 0) is 66.1 Å². The predicted octanol–water partition coefficient (Wildman–Crippen LogP) is 5.02. The van der Waals surface area contributed by atoms with Crippen molar-refractivity contribution in [2.24, 2.45) is 5.41 Å². The van der Waals surface area contributed by atoms with Crippen molar-refractivity contribution in [1.29, 1.82) is 0 Å². The summed E-state index contributed by atoms with van der Waals surface area (Å²) in [6, 6.07) is 10.9. The van der Waals surface area contributed by atoms with E-state index in [1.165, 1.54) is 24.5 Å². The van der Waals surface area contributed by atoms with E-state index in [1.807, 2.05) is 6.07 Å². The minimum absolute atomic E-state index is 0.113. The molecule has 10 heteroatoms. The zero-order valence-corrected chi connectivity index (χ0v) is 21.9. The minimum atomic E-state index is -3.25. The number of sulfone groups is 1. The second-order valence-electron chi connectivity index (χ2n) is 10.7. The molecule has 3 heterocycles. The van der Waals surface area contributed by atoms with Crippen LogP contribution in [0.5, 0.6) is 0 Å². The van der Waals surface area contributed by atoms with E-state index < -0.39 is 26.9 Å². The highest BCUT2D eigenvalue weighted by Crippen LogP contribution is 2.69. The molecular weight excluding hydrogens is 508 g/mol. The van der Waals surface area contributed by atoms with Crippen molar-refractivity contribution in [1.82, 2.24) is 25.1 Å². The first-order chi connectivity index (χ1) is 18.0. The third kappa shape index (κ3) is 3.65. The molecule has 4 aromatic rings. The van der Waals surface area contributed by atoms with Crippen LogP contribution < -0.4 is 0 Å². The molecule has 7 nitrogen and oxygen atoms in total. The Labute approximate surface area is 219 Å². The molecule has 2 aliphatic rings. The first kappa shape index (κ1) is 24.7. The van der Waals surface area contributed by atoms with Crippen LogP contribution in [0, 0.1) is 17.0 Å². The molecule has 0 radical (unpaired) electrons. The molecule has 0 spiro atoms. The number of benzene rings is 1. The summed E-state index contributed by atoms with van der Waals surface area (Å²) in [5, 5.41) is 8.87. The molecule has 0 N–H and O–H groups in total. The quantitative estimate of drug-likeness (QED) is 0.355. The second kappa shape index (κ2) is 8.42. The Kier molecular flexibility index (Phi) is 5.47. The van der Waals surface area contributed by atoms with Crippen LogP contribution in [0.3, 0.4) is 0 Å². The average molecular weight is 534 g/mol. The maximum absolute atomic E-state index is 14.5. The van der Waals surface area contributed by atoms with Gasteiger partial charge in [0.15, 0.2) is 15.7 Å². The van der Waals surface area contributed by atoms with Crippen molar-refractivity contribution in [2.45, 2.75) is 43.8 Å². The van der Waals surface area contributed by atoms with Crippen LogP contribution in [-0.4, -0.2) is 39.8 Å². The molecule has 1 aromatic carbocycles. The summed E-state index contributed by atoms with van der Waals surface area (Å²) >= 11 is 0. The van der Waals surface area contributed by atoms with E-state index in [2.05, 4.69) is 34.0 Å². The molecule has 1 fully saturated rings. The summed E-state index contributed by atoms with van der Waals surface area (Å²) in [5.74, 6) is -0.955. The zero-order valence-electron chi connectivity index (χ0n) is 21.1. The van der Waals surface area contributed by atoms with Crippen LogP contribution in [0.15, 0.2) is 54.9 Å². The molecule has 3 aromatic heterocycles.